The van der Waals surface area contributed by atoms with Gasteiger partial charge in [-0.2, -0.15) is 27.9 Å². The number of nitrogens with two attached hydrogens (primary N) is 1. The summed E-state index contributed by atoms with van der Waals surface area (Å²) in [6, 6.07) is 2.40. The van der Waals surface area contributed by atoms with Crippen LogP contribution in [0.3, 0.4) is 0 Å². The molecule has 2 bridgehead atoms. The van der Waals surface area contributed by atoms with E-state index < -0.39 is 18.0 Å². The van der Waals surface area contributed by atoms with Gasteiger partial charge in [-0.1, -0.05) is 6.07 Å². The number of alkyl halides is 3. The molecule has 0 spiro atoms. The minimum absolute atomic E-state index is 0.0419. The number of pyridine rings is 1. The molecule has 3 unspecified atom stereocenters. The maximum atomic E-state index is 13.1. The van der Waals surface area contributed by atoms with Crippen LogP contribution < -0.4 is 5.73 Å². The normalized spacial score (nSPS) is 23.1. The summed E-state index contributed by atoms with van der Waals surface area (Å²) in [4.78, 5) is 36.4. The van der Waals surface area contributed by atoms with Gasteiger partial charge >= 0.3 is 6.18 Å². The molecule has 2 fully saturated rings. The van der Waals surface area contributed by atoms with Gasteiger partial charge in [0.25, 0.3) is 5.91 Å². The zero-order valence-electron chi connectivity index (χ0n) is 21.3. The van der Waals surface area contributed by atoms with Crippen molar-refractivity contribution in [2.45, 2.75) is 69.3 Å². The number of hydrogen-bond donors (Lipinski definition) is 2. The summed E-state index contributed by atoms with van der Waals surface area (Å²) < 4.78 is 40.0. The smallest absolute Gasteiger partial charge is 0.383 e. The summed E-state index contributed by atoms with van der Waals surface area (Å²) in [5.41, 5.74) is 8.32. The van der Waals surface area contributed by atoms with Crippen molar-refractivity contribution in [2.24, 2.45) is 10.2 Å². The second kappa shape index (κ2) is 9.47. The van der Waals surface area contributed by atoms with E-state index in [2.05, 4.69) is 20.3 Å². The summed E-state index contributed by atoms with van der Waals surface area (Å²) in [7, 11) is 0. The van der Waals surface area contributed by atoms with Gasteiger partial charge in [0.2, 0.25) is 0 Å². The van der Waals surface area contributed by atoms with Crippen molar-refractivity contribution in [3.63, 3.8) is 0 Å². The van der Waals surface area contributed by atoms with E-state index >= 15 is 0 Å². The number of fused-ring (bicyclic) bond motifs is 3. The number of aliphatic hydroxyl groups is 1. The fourth-order valence-electron chi connectivity index (χ4n) is 6.08. The molecule has 40 heavy (non-hydrogen) atoms. The van der Waals surface area contributed by atoms with Crippen molar-refractivity contribution >= 4 is 35.1 Å². The molecule has 3 aromatic rings. The van der Waals surface area contributed by atoms with Gasteiger partial charge in [-0.15, -0.1) is 5.10 Å². The molecule has 4 atom stereocenters. The fourth-order valence-corrected chi connectivity index (χ4v) is 6.08. The molecule has 3 N–H and O–H groups in total. The lowest BCUT2D eigenvalue weighted by molar-refractivity contribution is -0.207. The highest BCUT2D eigenvalue weighted by atomic mass is 19.4. The number of rotatable bonds is 5. The number of carbonyl (C=O) groups excluding carboxylic acids is 2. The Labute approximate surface area is 225 Å². The second-order valence-corrected chi connectivity index (χ2v) is 10.3. The molecule has 3 aromatic heterocycles. The quantitative estimate of drug-likeness (QED) is 0.460. The van der Waals surface area contributed by atoms with Crippen LogP contribution in [0.2, 0.25) is 0 Å². The van der Waals surface area contributed by atoms with E-state index in [1.807, 2.05) is 4.90 Å². The van der Waals surface area contributed by atoms with Crippen LogP contribution in [0.1, 0.15) is 72.8 Å². The predicted octanol–water partition coefficient (Wildman–Crippen LogP) is 3.24. The number of anilines is 1. The standard InChI is InChI=1S/C26H25F3N8O3/c1-12(38)20-21(14-8-15-3-4-16(9-14)36(15)25(40)19-6-7-32-35-19)34-24-17(11-33-37(24)23(20)30)13-2-5-18(31-10-13)22(39)26(27,28)29/h2,5,7,10-11,14-16,22,39H,3-4,6,8-9,30H2,1H3/t14?,15-,16?,22?/m1/s1. The molecule has 0 aliphatic carbocycles. The van der Waals surface area contributed by atoms with Gasteiger partial charge in [-0.25, -0.2) is 4.98 Å². The van der Waals surface area contributed by atoms with Crippen molar-refractivity contribution in [1.82, 2.24) is 24.5 Å². The number of nitrogens with zero attached hydrogens (tertiary/aromatic N) is 7. The summed E-state index contributed by atoms with van der Waals surface area (Å²) in [6.07, 6.45) is -0.0273. The average Bonchev–Trinajstić information content (AvgIpc) is 3.65. The van der Waals surface area contributed by atoms with Gasteiger partial charge in [0.05, 0.1) is 23.1 Å². The third-order valence-electron chi connectivity index (χ3n) is 7.90. The summed E-state index contributed by atoms with van der Waals surface area (Å²) in [5.74, 6) is -0.420. The molecule has 0 radical (unpaired) electrons. The molecule has 3 aliphatic heterocycles. The highest BCUT2D eigenvalue weighted by Crippen LogP contribution is 2.45. The lowest BCUT2D eigenvalue weighted by atomic mass is 9.85. The van der Waals surface area contributed by atoms with E-state index in [9.17, 15) is 27.9 Å². The number of carbonyl (C=O) groups is 2. The number of Topliss-reactive ketones (excluding diaryl/α,β-unsaturated/α-hetero) is 1. The highest BCUT2D eigenvalue weighted by molar-refractivity contribution is 6.42. The number of aliphatic hydroxyl groups excluding tert-OH is 1. The monoisotopic (exact) mass is 554 g/mol. The van der Waals surface area contributed by atoms with E-state index in [-0.39, 0.29) is 41.1 Å². The zero-order chi connectivity index (χ0) is 28.3. The maximum absolute atomic E-state index is 13.1. The average molecular weight is 555 g/mol. The van der Waals surface area contributed by atoms with Crippen molar-refractivity contribution in [3.05, 3.63) is 41.5 Å². The van der Waals surface area contributed by atoms with Crippen LogP contribution in [-0.4, -0.2) is 71.5 Å². The minimum Gasteiger partial charge on any atom is -0.383 e. The van der Waals surface area contributed by atoms with Gasteiger partial charge < -0.3 is 15.7 Å². The van der Waals surface area contributed by atoms with E-state index in [1.165, 1.54) is 29.9 Å². The topological polar surface area (TPSA) is 151 Å². The van der Waals surface area contributed by atoms with Crippen LogP contribution in [-0.2, 0) is 4.79 Å². The molecule has 6 rings (SSSR count). The van der Waals surface area contributed by atoms with Gasteiger partial charge in [-0.3, -0.25) is 14.6 Å². The van der Waals surface area contributed by atoms with Crippen molar-refractivity contribution in [3.8, 4) is 11.1 Å². The third kappa shape index (κ3) is 4.22. The van der Waals surface area contributed by atoms with Crippen LogP contribution >= 0.6 is 0 Å². The first-order valence-electron chi connectivity index (χ1n) is 12.8. The van der Waals surface area contributed by atoms with Crippen molar-refractivity contribution < 1.29 is 27.9 Å². The van der Waals surface area contributed by atoms with E-state index in [4.69, 9.17) is 10.7 Å². The minimum atomic E-state index is -4.84. The summed E-state index contributed by atoms with van der Waals surface area (Å²) in [6.45, 7) is 1.41. The van der Waals surface area contributed by atoms with Crippen LogP contribution in [0, 0.1) is 0 Å². The second-order valence-electron chi connectivity index (χ2n) is 10.3. The molecular weight excluding hydrogens is 529 g/mol. The SMILES string of the molecule is CC(=O)c1c(C2CC3CC[C@H](C2)N3C(=O)C2=NN=CC2)nc2c(-c3ccc(C(O)C(F)(F)F)nc3)cnn2c1N. The Morgan fingerprint density at radius 3 is 2.45 bits per heavy atom. The number of ketones is 1. The summed E-state index contributed by atoms with van der Waals surface area (Å²) >= 11 is 0. The van der Waals surface area contributed by atoms with E-state index in [0.29, 0.717) is 47.4 Å². The Morgan fingerprint density at radius 1 is 1.15 bits per heavy atom. The molecule has 2 saturated heterocycles. The first-order chi connectivity index (χ1) is 19.0. The van der Waals surface area contributed by atoms with Gasteiger partial charge in [0.15, 0.2) is 17.5 Å². The fraction of sp³-hybridized carbons (Fsp3) is 0.423. The Balaban J connectivity index is 1.36. The largest absolute Gasteiger partial charge is 0.420 e. The molecular formula is C26H25F3N8O3. The zero-order valence-corrected chi connectivity index (χ0v) is 21.3. The van der Waals surface area contributed by atoms with Crippen LogP contribution in [0.5, 0.6) is 0 Å². The number of hydrogen-bond acceptors (Lipinski definition) is 9. The van der Waals surface area contributed by atoms with Crippen LogP contribution in [0.4, 0.5) is 19.0 Å². The molecule has 208 valence electrons. The molecule has 6 heterocycles. The predicted molar refractivity (Wildman–Crippen MR) is 138 cm³/mol. The highest BCUT2D eigenvalue weighted by Gasteiger charge is 2.46. The van der Waals surface area contributed by atoms with Crippen molar-refractivity contribution in [1.29, 1.82) is 0 Å². The Hall–Kier alpha value is -4.20. The number of aromatic nitrogens is 4. The molecule has 3 aliphatic rings. The Bertz CT molecular complexity index is 1570. The molecule has 1 amide bonds. The molecule has 0 aromatic carbocycles. The summed E-state index contributed by atoms with van der Waals surface area (Å²) in [5, 5.41) is 21.6. The number of amides is 1. The Morgan fingerprint density at radius 2 is 1.88 bits per heavy atom. The van der Waals surface area contributed by atoms with Gasteiger partial charge in [0.1, 0.15) is 11.5 Å². The molecule has 11 nitrogen and oxygen atoms in total. The lowest BCUT2D eigenvalue weighted by Crippen LogP contribution is -2.48. The lowest BCUT2D eigenvalue weighted by Gasteiger charge is -2.39. The maximum Gasteiger partial charge on any atom is 0.420 e. The number of halogens is 3. The number of piperidine rings is 1. The number of nitrogen functional groups attached to an aromatic ring is 1. The third-order valence-corrected chi connectivity index (χ3v) is 7.90. The first kappa shape index (κ1) is 26.0. The molecule has 14 heteroatoms. The van der Waals surface area contributed by atoms with E-state index in [1.54, 1.807) is 6.21 Å². The van der Waals surface area contributed by atoms with Gasteiger partial charge in [-0.05, 0) is 38.7 Å². The van der Waals surface area contributed by atoms with E-state index in [0.717, 1.165) is 18.9 Å². The van der Waals surface area contributed by atoms with Crippen LogP contribution in [0.25, 0.3) is 16.8 Å². The van der Waals surface area contributed by atoms with Crippen LogP contribution in [0.15, 0.2) is 34.7 Å². The Kier molecular flexibility index (Phi) is 6.16. The van der Waals surface area contributed by atoms with Crippen molar-refractivity contribution in [2.75, 3.05) is 5.73 Å². The first-order valence-corrected chi connectivity index (χ1v) is 12.8. The molecule has 0 saturated carbocycles. The van der Waals surface area contributed by atoms with Gasteiger partial charge in [0, 0.05) is 48.0 Å².